The van der Waals surface area contributed by atoms with Gasteiger partial charge in [0, 0.05) is 31.4 Å². The summed E-state index contributed by atoms with van der Waals surface area (Å²) in [5.41, 5.74) is -0.950. The normalized spacial score (nSPS) is 15.5. The van der Waals surface area contributed by atoms with Crippen LogP contribution in [-0.4, -0.2) is 30.0 Å². The van der Waals surface area contributed by atoms with Gasteiger partial charge in [-0.3, -0.25) is 10.1 Å². The van der Waals surface area contributed by atoms with Crippen LogP contribution in [0.2, 0.25) is 25.2 Å². The quantitative estimate of drug-likeness (QED) is 0.260. The summed E-state index contributed by atoms with van der Waals surface area (Å²) >= 11 is 0. The van der Waals surface area contributed by atoms with Crippen LogP contribution in [0.1, 0.15) is 20.3 Å². The Labute approximate surface area is 91.3 Å². The molecule has 5 nitrogen and oxygen atoms in total. The minimum absolute atomic E-state index is 0.0166. The van der Waals surface area contributed by atoms with Crippen LogP contribution >= 0.6 is 0 Å². The Kier molecular flexibility index (Phi) is 4.45. The van der Waals surface area contributed by atoms with Crippen molar-refractivity contribution in [1.82, 2.24) is 0 Å². The molecule has 1 unspecified atom stereocenters. The highest BCUT2D eigenvalue weighted by molar-refractivity contribution is 6.79. The van der Waals surface area contributed by atoms with Crippen LogP contribution in [-0.2, 0) is 0 Å². The van der Waals surface area contributed by atoms with Crippen LogP contribution in [0, 0.1) is 10.1 Å². The van der Waals surface area contributed by atoms with Crippen molar-refractivity contribution in [2.45, 2.75) is 51.0 Å². The van der Waals surface area contributed by atoms with Gasteiger partial charge in [-0.15, -0.1) is 5.16 Å². The zero-order valence-electron chi connectivity index (χ0n) is 10.0. The first-order valence-electron chi connectivity index (χ1n) is 4.93. The minimum Gasteiger partial charge on any atom is -0.411 e. The van der Waals surface area contributed by atoms with E-state index >= 15 is 0 Å². The molecule has 88 valence electrons. The number of hydrogen-bond donors (Lipinski definition) is 1. The maximum atomic E-state index is 10.8. The van der Waals surface area contributed by atoms with E-state index in [4.69, 9.17) is 5.21 Å². The van der Waals surface area contributed by atoms with Crippen molar-refractivity contribution in [3.05, 3.63) is 10.1 Å². The largest absolute Gasteiger partial charge is 0.411 e. The molecule has 0 radical (unpaired) electrons. The van der Waals surface area contributed by atoms with Crippen molar-refractivity contribution in [1.29, 1.82) is 0 Å². The maximum absolute atomic E-state index is 10.8. The van der Waals surface area contributed by atoms with Gasteiger partial charge in [0.2, 0.25) is 5.54 Å². The van der Waals surface area contributed by atoms with E-state index in [1.165, 1.54) is 6.21 Å². The van der Waals surface area contributed by atoms with Gasteiger partial charge in [-0.2, -0.15) is 0 Å². The van der Waals surface area contributed by atoms with Crippen LogP contribution in [0.15, 0.2) is 5.16 Å². The predicted octanol–water partition coefficient (Wildman–Crippen LogP) is 2.60. The van der Waals surface area contributed by atoms with E-state index in [1.54, 1.807) is 13.8 Å². The highest BCUT2D eigenvalue weighted by atomic mass is 28.3. The summed E-state index contributed by atoms with van der Waals surface area (Å²) in [6.45, 7) is 9.52. The molecule has 0 saturated carbocycles. The fourth-order valence-electron chi connectivity index (χ4n) is 1.28. The second kappa shape index (κ2) is 4.74. The molecule has 0 aromatic heterocycles. The summed E-state index contributed by atoms with van der Waals surface area (Å²) in [5, 5.41) is 22.4. The van der Waals surface area contributed by atoms with Crippen molar-refractivity contribution in [2.75, 3.05) is 0 Å². The summed E-state index contributed by atoms with van der Waals surface area (Å²) < 4.78 is 0. The van der Waals surface area contributed by atoms with Crippen molar-refractivity contribution >= 4 is 14.3 Å². The van der Waals surface area contributed by atoms with Crippen LogP contribution in [0.4, 0.5) is 0 Å². The van der Waals surface area contributed by atoms with Gasteiger partial charge >= 0.3 is 0 Å². The van der Waals surface area contributed by atoms with Gasteiger partial charge in [0.05, 0.1) is 8.07 Å². The van der Waals surface area contributed by atoms with Gasteiger partial charge < -0.3 is 5.21 Å². The Morgan fingerprint density at radius 2 is 2.00 bits per heavy atom. The molecule has 0 aliphatic heterocycles. The summed E-state index contributed by atoms with van der Waals surface area (Å²) in [6, 6.07) is 0. The Morgan fingerprint density at radius 3 is 2.27 bits per heavy atom. The van der Waals surface area contributed by atoms with Crippen molar-refractivity contribution in [3.8, 4) is 0 Å². The molecule has 0 fully saturated rings. The molecule has 0 rings (SSSR count). The third kappa shape index (κ3) is 4.42. The fourth-order valence-corrected chi connectivity index (χ4v) is 2.90. The second-order valence-corrected chi connectivity index (χ2v) is 11.0. The first-order valence-corrected chi connectivity index (χ1v) is 8.51. The van der Waals surface area contributed by atoms with Crippen LogP contribution in [0.3, 0.4) is 0 Å². The Hall–Kier alpha value is -0.913. The molecule has 0 aromatic rings. The lowest BCUT2D eigenvalue weighted by atomic mass is 10.00. The van der Waals surface area contributed by atoms with E-state index in [0.717, 1.165) is 0 Å². The summed E-state index contributed by atoms with van der Waals surface area (Å²) in [7, 11) is -1.58. The average molecular weight is 232 g/mol. The van der Waals surface area contributed by atoms with Gasteiger partial charge in [0.25, 0.3) is 0 Å². The first kappa shape index (κ1) is 14.1. The molecule has 0 saturated heterocycles. The van der Waals surface area contributed by atoms with Crippen molar-refractivity contribution in [3.63, 3.8) is 0 Å². The third-order valence-corrected chi connectivity index (χ3v) is 5.15. The van der Waals surface area contributed by atoms with E-state index in [0.29, 0.717) is 6.42 Å². The molecule has 1 atom stereocenters. The first-order chi connectivity index (χ1) is 6.61. The topological polar surface area (TPSA) is 75.7 Å². The molecule has 0 aliphatic rings. The summed E-state index contributed by atoms with van der Waals surface area (Å²) in [5.74, 6) is 0. The minimum atomic E-state index is -1.58. The molecule has 0 heterocycles. The van der Waals surface area contributed by atoms with Gasteiger partial charge in [-0.25, -0.2) is 0 Å². The SMILES string of the molecule is CC(C)(CC(C=NO)[Si](C)(C)C)[N+](=O)[O-]. The molecule has 0 bridgehead atoms. The molecule has 0 aromatic carbocycles. The molecule has 0 spiro atoms. The van der Waals surface area contributed by atoms with Gasteiger partial charge in [-0.1, -0.05) is 19.6 Å². The van der Waals surface area contributed by atoms with Crippen LogP contribution in [0.5, 0.6) is 0 Å². The Morgan fingerprint density at radius 1 is 1.53 bits per heavy atom. The van der Waals surface area contributed by atoms with Crippen molar-refractivity contribution < 1.29 is 10.1 Å². The molecular weight excluding hydrogens is 212 g/mol. The number of hydrogen-bond acceptors (Lipinski definition) is 4. The van der Waals surface area contributed by atoms with Gasteiger partial charge in [0.1, 0.15) is 0 Å². The molecule has 6 heteroatoms. The molecule has 15 heavy (non-hydrogen) atoms. The zero-order valence-corrected chi connectivity index (χ0v) is 11.0. The summed E-state index contributed by atoms with van der Waals surface area (Å²) in [6.07, 6.45) is 1.86. The lowest BCUT2D eigenvalue weighted by Gasteiger charge is -2.28. The summed E-state index contributed by atoms with van der Waals surface area (Å²) in [4.78, 5) is 10.5. The smallest absolute Gasteiger partial charge is 0.217 e. The number of rotatable bonds is 5. The van der Waals surface area contributed by atoms with E-state index in [-0.39, 0.29) is 10.5 Å². The monoisotopic (exact) mass is 232 g/mol. The van der Waals surface area contributed by atoms with Crippen LogP contribution < -0.4 is 0 Å². The Bertz CT molecular complexity index is 259. The zero-order chi connectivity index (χ0) is 12.3. The van der Waals surface area contributed by atoms with E-state index in [2.05, 4.69) is 24.8 Å². The molecular formula is C9H20N2O3Si. The van der Waals surface area contributed by atoms with E-state index in [1.807, 2.05) is 0 Å². The number of oxime groups is 1. The van der Waals surface area contributed by atoms with Gasteiger partial charge in [0.15, 0.2) is 0 Å². The average Bonchev–Trinajstić information content (AvgIpc) is 2.01. The molecule has 1 N–H and O–H groups in total. The highest BCUT2D eigenvalue weighted by Gasteiger charge is 2.38. The lowest BCUT2D eigenvalue weighted by Crippen LogP contribution is -2.39. The third-order valence-electron chi connectivity index (χ3n) is 2.57. The van der Waals surface area contributed by atoms with E-state index < -0.39 is 13.6 Å². The molecule has 0 amide bonds. The van der Waals surface area contributed by atoms with Crippen LogP contribution in [0.25, 0.3) is 0 Å². The number of nitro groups is 1. The second-order valence-electron chi connectivity index (χ2n) is 5.51. The highest BCUT2D eigenvalue weighted by Crippen LogP contribution is 2.30. The number of nitrogens with zero attached hydrogens (tertiary/aromatic N) is 2. The van der Waals surface area contributed by atoms with Gasteiger partial charge in [-0.05, 0) is 5.54 Å². The fraction of sp³-hybridized carbons (Fsp3) is 0.889. The van der Waals surface area contributed by atoms with E-state index in [9.17, 15) is 10.1 Å². The standard InChI is InChI=1S/C9H20N2O3Si/c1-9(2,11(13)14)6-8(7-10-12)15(3,4)5/h7-8,12H,6H2,1-5H3. The Balaban J connectivity index is 4.78. The predicted molar refractivity (Wildman–Crippen MR) is 63.1 cm³/mol. The van der Waals surface area contributed by atoms with Crippen molar-refractivity contribution in [2.24, 2.45) is 5.16 Å². The maximum Gasteiger partial charge on any atom is 0.217 e. The lowest BCUT2D eigenvalue weighted by molar-refractivity contribution is -0.561. The molecule has 0 aliphatic carbocycles.